The number of aliphatic hydroxyl groups is 1. The number of hydrogen-bond donors (Lipinski definition) is 5. The second kappa shape index (κ2) is 16.7. The fourth-order valence-electron chi connectivity index (χ4n) is 6.74. The zero-order chi connectivity index (χ0) is 34.9. The zero-order valence-corrected chi connectivity index (χ0v) is 27.9. The van der Waals surface area contributed by atoms with Gasteiger partial charge in [0.25, 0.3) is 0 Å². The largest absolute Gasteiger partial charge is 0.506 e. The highest BCUT2D eigenvalue weighted by molar-refractivity contribution is 5.87. The van der Waals surface area contributed by atoms with Crippen LogP contribution in [0.15, 0.2) is 83.7 Å². The summed E-state index contributed by atoms with van der Waals surface area (Å²) < 4.78 is 17.0. The average Bonchev–Trinajstić information content (AvgIpc) is 3.14. The minimum absolute atomic E-state index is 0.0578. The number of carbonyl (C=O) groups excluding carboxylic acids is 2. The maximum absolute atomic E-state index is 13.1. The SMILES string of the molecule is O=C(COc1cccc(C(NC(=O)O[C@H]2CN3CCC2CC3)c2ccccc2)c1)OCCCCNC[C@@H](O)c1ccc(O)c2[nH]c(=O)ccc12. The number of nitrogens with one attached hydrogen (secondary N) is 3. The van der Waals surface area contributed by atoms with Crippen LogP contribution in [0.4, 0.5) is 4.79 Å². The molecule has 3 aliphatic heterocycles. The Labute approximate surface area is 290 Å². The average molecular weight is 685 g/mol. The number of aliphatic hydroxyl groups excluding tert-OH is 1. The number of aromatic nitrogens is 1. The molecule has 3 aliphatic rings. The van der Waals surface area contributed by atoms with Crippen molar-refractivity contribution in [2.24, 2.45) is 5.92 Å². The van der Waals surface area contributed by atoms with E-state index in [9.17, 15) is 24.6 Å². The molecule has 5 N–H and O–H groups in total. The number of benzene rings is 3. The molecule has 0 radical (unpaired) electrons. The third-order valence-corrected chi connectivity index (χ3v) is 9.41. The van der Waals surface area contributed by atoms with Gasteiger partial charge in [-0.1, -0.05) is 48.5 Å². The van der Waals surface area contributed by atoms with E-state index in [1.54, 1.807) is 24.3 Å². The van der Waals surface area contributed by atoms with Crippen LogP contribution in [0.1, 0.15) is 54.5 Å². The van der Waals surface area contributed by atoms with Crippen molar-refractivity contribution in [1.82, 2.24) is 20.5 Å². The van der Waals surface area contributed by atoms with Crippen LogP contribution in [0.3, 0.4) is 0 Å². The number of rotatable bonds is 15. The molecule has 3 fully saturated rings. The van der Waals surface area contributed by atoms with Crippen molar-refractivity contribution in [3.63, 3.8) is 0 Å². The molecule has 2 bridgehead atoms. The predicted molar refractivity (Wildman–Crippen MR) is 187 cm³/mol. The first-order chi connectivity index (χ1) is 24.3. The van der Waals surface area contributed by atoms with Crippen molar-refractivity contribution in [2.45, 2.75) is 43.9 Å². The lowest BCUT2D eigenvalue weighted by Gasteiger charge is -2.43. The number of nitrogens with zero attached hydrogens (tertiary/aromatic N) is 1. The Morgan fingerprint density at radius 2 is 1.76 bits per heavy atom. The number of pyridine rings is 1. The van der Waals surface area contributed by atoms with Gasteiger partial charge in [0.1, 0.15) is 17.6 Å². The topological polar surface area (TPSA) is 162 Å². The number of carbonyl (C=O) groups is 2. The van der Waals surface area contributed by atoms with Crippen LogP contribution in [0.5, 0.6) is 11.5 Å². The lowest BCUT2D eigenvalue weighted by Crippen LogP contribution is -2.52. The second-order valence-corrected chi connectivity index (χ2v) is 12.9. The number of esters is 1. The summed E-state index contributed by atoms with van der Waals surface area (Å²) in [5, 5.41) is 27.6. The molecule has 1 amide bonds. The third-order valence-electron chi connectivity index (χ3n) is 9.41. The first kappa shape index (κ1) is 34.9. The van der Waals surface area contributed by atoms with E-state index in [0.717, 1.165) is 43.6 Å². The Morgan fingerprint density at radius 3 is 2.54 bits per heavy atom. The number of hydrogen-bond acceptors (Lipinski definition) is 10. The molecule has 3 saturated heterocycles. The number of phenols is 1. The molecule has 3 aromatic carbocycles. The van der Waals surface area contributed by atoms with E-state index < -0.39 is 24.2 Å². The fourth-order valence-corrected chi connectivity index (χ4v) is 6.74. The highest BCUT2D eigenvalue weighted by Crippen LogP contribution is 2.31. The molecular weight excluding hydrogens is 640 g/mol. The van der Waals surface area contributed by atoms with Gasteiger partial charge in [0.15, 0.2) is 6.61 Å². The maximum Gasteiger partial charge on any atom is 0.408 e. The number of amides is 1. The first-order valence-electron chi connectivity index (χ1n) is 17.2. The molecule has 264 valence electrons. The number of aromatic amines is 1. The fraction of sp³-hybridized carbons (Fsp3) is 0.395. The van der Waals surface area contributed by atoms with Crippen LogP contribution >= 0.6 is 0 Å². The summed E-state index contributed by atoms with van der Waals surface area (Å²) in [6.07, 6.45) is 2.03. The van der Waals surface area contributed by atoms with Crippen LogP contribution in [-0.2, 0) is 14.3 Å². The van der Waals surface area contributed by atoms with Gasteiger partial charge in [0, 0.05) is 24.5 Å². The van der Waals surface area contributed by atoms with Gasteiger partial charge in [0.2, 0.25) is 5.56 Å². The summed E-state index contributed by atoms with van der Waals surface area (Å²) in [4.78, 5) is 42.1. The van der Waals surface area contributed by atoms with E-state index in [-0.39, 0.29) is 42.7 Å². The lowest BCUT2D eigenvalue weighted by atomic mass is 9.86. The Balaban J connectivity index is 0.926. The van der Waals surface area contributed by atoms with E-state index in [1.165, 1.54) is 12.1 Å². The van der Waals surface area contributed by atoms with Crippen molar-refractivity contribution >= 4 is 23.0 Å². The third kappa shape index (κ3) is 9.00. The number of ether oxygens (including phenoxy) is 3. The van der Waals surface area contributed by atoms with Crippen molar-refractivity contribution in [1.29, 1.82) is 0 Å². The standard InChI is InChI=1S/C38H44N4O8/c43-31-13-11-29(30-12-14-34(45)40-37(30)31)32(44)22-39-17-4-5-20-48-35(46)24-49-28-10-6-9-27(21-28)36(26-7-2-1-3-8-26)41-38(47)50-33-23-42-18-15-25(33)16-19-42/h1-3,6-14,21,25,32-33,36,39,43-44H,4-5,15-20,22-24H2,(H,40,45)(H,41,47)/t32-,33+,36?/m1/s1. The smallest absolute Gasteiger partial charge is 0.408 e. The second-order valence-electron chi connectivity index (χ2n) is 12.9. The molecule has 7 rings (SSSR count). The minimum Gasteiger partial charge on any atom is -0.506 e. The number of unbranched alkanes of at least 4 members (excludes halogenated alkanes) is 1. The van der Waals surface area contributed by atoms with E-state index in [2.05, 4.69) is 20.5 Å². The number of alkyl carbamates (subject to hydrolysis) is 1. The van der Waals surface area contributed by atoms with Gasteiger partial charge in [-0.25, -0.2) is 9.59 Å². The molecule has 0 saturated carbocycles. The number of aromatic hydroxyl groups is 1. The van der Waals surface area contributed by atoms with E-state index >= 15 is 0 Å². The highest BCUT2D eigenvalue weighted by Gasteiger charge is 2.37. The van der Waals surface area contributed by atoms with Crippen molar-refractivity contribution < 1.29 is 34.0 Å². The van der Waals surface area contributed by atoms with E-state index in [1.807, 2.05) is 42.5 Å². The Hall–Kier alpha value is -4.91. The lowest BCUT2D eigenvalue weighted by molar-refractivity contribution is -0.146. The van der Waals surface area contributed by atoms with Gasteiger partial charge in [0.05, 0.1) is 24.3 Å². The Kier molecular flexibility index (Phi) is 11.6. The maximum atomic E-state index is 13.1. The number of piperidine rings is 3. The van der Waals surface area contributed by atoms with Gasteiger partial charge >= 0.3 is 12.1 Å². The van der Waals surface area contributed by atoms with Crippen LogP contribution in [0.2, 0.25) is 0 Å². The van der Waals surface area contributed by atoms with Crippen molar-refractivity contribution in [3.8, 4) is 11.5 Å². The summed E-state index contributed by atoms with van der Waals surface area (Å²) in [6.45, 7) is 3.74. The van der Waals surface area contributed by atoms with E-state index in [4.69, 9.17) is 14.2 Å². The monoisotopic (exact) mass is 684 g/mol. The van der Waals surface area contributed by atoms with Crippen LogP contribution in [-0.4, -0.2) is 84.2 Å². The summed E-state index contributed by atoms with van der Waals surface area (Å²) in [6, 6.07) is 22.5. The molecule has 3 atom stereocenters. The summed E-state index contributed by atoms with van der Waals surface area (Å²) in [5.41, 5.74) is 2.23. The van der Waals surface area contributed by atoms with Gasteiger partial charge in [-0.2, -0.15) is 0 Å². The molecule has 1 aromatic heterocycles. The van der Waals surface area contributed by atoms with Crippen LogP contribution in [0.25, 0.3) is 10.9 Å². The van der Waals surface area contributed by atoms with E-state index in [0.29, 0.717) is 42.0 Å². The summed E-state index contributed by atoms with van der Waals surface area (Å²) in [5.74, 6) is 0.332. The number of fused-ring (bicyclic) bond motifs is 4. The normalized spacial score (nSPS) is 19.4. The molecular formula is C38H44N4O8. The van der Waals surface area contributed by atoms with Gasteiger partial charge < -0.3 is 40.0 Å². The molecule has 4 aromatic rings. The molecule has 1 unspecified atom stereocenters. The molecule has 0 aliphatic carbocycles. The Bertz CT molecular complexity index is 1810. The number of H-pyrrole nitrogens is 1. The van der Waals surface area contributed by atoms with Gasteiger partial charge in [-0.05, 0) is 92.2 Å². The molecule has 50 heavy (non-hydrogen) atoms. The Morgan fingerprint density at radius 1 is 0.960 bits per heavy atom. The minimum atomic E-state index is -0.847. The summed E-state index contributed by atoms with van der Waals surface area (Å²) in [7, 11) is 0. The number of phenolic OH excluding ortho intramolecular Hbond substituents is 1. The van der Waals surface area contributed by atoms with Gasteiger partial charge in [-0.3, -0.25) is 9.69 Å². The van der Waals surface area contributed by atoms with Crippen LogP contribution in [0, 0.1) is 5.92 Å². The van der Waals surface area contributed by atoms with Gasteiger partial charge in [-0.15, -0.1) is 0 Å². The molecule has 12 heteroatoms. The molecule has 0 spiro atoms. The highest BCUT2D eigenvalue weighted by atomic mass is 16.6. The van der Waals surface area contributed by atoms with Crippen molar-refractivity contribution in [2.75, 3.05) is 45.9 Å². The first-order valence-corrected chi connectivity index (χ1v) is 17.2. The van der Waals surface area contributed by atoms with Crippen molar-refractivity contribution in [3.05, 3.63) is 106 Å². The zero-order valence-electron chi connectivity index (χ0n) is 27.9. The quantitative estimate of drug-likeness (QED) is 0.0908. The molecule has 4 heterocycles. The predicted octanol–water partition coefficient (Wildman–Crippen LogP) is 4.17. The molecule has 12 nitrogen and oxygen atoms in total. The van der Waals surface area contributed by atoms with Crippen LogP contribution < -0.4 is 20.9 Å². The summed E-state index contributed by atoms with van der Waals surface area (Å²) >= 11 is 0.